The minimum Gasteiger partial charge on any atom is -0.314 e. The Labute approximate surface area is 105 Å². The molecule has 0 bridgehead atoms. The number of hydrogen-bond donors (Lipinski definition) is 2. The van der Waals surface area contributed by atoms with Gasteiger partial charge in [-0.3, -0.25) is 0 Å². The van der Waals surface area contributed by atoms with Gasteiger partial charge in [-0.15, -0.1) is 0 Å². The first-order chi connectivity index (χ1) is 8.07. The molecule has 1 aliphatic heterocycles. The monoisotopic (exact) mass is 260 g/mol. The van der Waals surface area contributed by atoms with Gasteiger partial charge in [0, 0.05) is 12.6 Å². The van der Waals surface area contributed by atoms with Gasteiger partial charge in [-0.25, -0.2) is 13.1 Å². The highest BCUT2D eigenvalue weighted by Gasteiger charge is 2.33. The van der Waals surface area contributed by atoms with E-state index in [0.717, 1.165) is 19.4 Å². The molecule has 4 nitrogen and oxygen atoms in total. The lowest BCUT2D eigenvalue weighted by Crippen LogP contribution is -2.37. The average Bonchev–Trinajstić information content (AvgIpc) is 3.02. The maximum atomic E-state index is 11.8. The number of nitrogens with one attached hydrogen (secondary N) is 2. The molecule has 2 fully saturated rings. The first kappa shape index (κ1) is 13.3. The van der Waals surface area contributed by atoms with Gasteiger partial charge in [-0.1, -0.05) is 13.3 Å². The van der Waals surface area contributed by atoms with Crippen molar-refractivity contribution >= 4 is 10.0 Å². The minimum absolute atomic E-state index is 0.270. The van der Waals surface area contributed by atoms with Gasteiger partial charge >= 0.3 is 0 Å². The Balaban J connectivity index is 1.65. The van der Waals surface area contributed by atoms with Crippen molar-refractivity contribution in [3.8, 4) is 0 Å². The Bertz CT molecular complexity index is 336. The molecule has 2 N–H and O–H groups in total. The van der Waals surface area contributed by atoms with Crippen LogP contribution in [0.4, 0.5) is 0 Å². The molecule has 3 atom stereocenters. The summed E-state index contributed by atoms with van der Waals surface area (Å²) in [5.41, 5.74) is 0. The summed E-state index contributed by atoms with van der Waals surface area (Å²) in [6.07, 6.45) is 5.49. The van der Waals surface area contributed by atoms with E-state index < -0.39 is 10.0 Å². The second-order valence-electron chi connectivity index (χ2n) is 5.58. The molecule has 1 saturated carbocycles. The van der Waals surface area contributed by atoms with Crippen LogP contribution in [0.2, 0.25) is 0 Å². The zero-order valence-electron chi connectivity index (χ0n) is 10.6. The van der Waals surface area contributed by atoms with E-state index in [-0.39, 0.29) is 5.75 Å². The van der Waals surface area contributed by atoms with Crippen LogP contribution in [-0.4, -0.2) is 33.3 Å². The van der Waals surface area contributed by atoms with E-state index in [4.69, 9.17) is 0 Å². The summed E-state index contributed by atoms with van der Waals surface area (Å²) < 4.78 is 26.3. The van der Waals surface area contributed by atoms with Crippen molar-refractivity contribution in [1.82, 2.24) is 10.0 Å². The van der Waals surface area contributed by atoms with E-state index in [1.807, 2.05) is 0 Å². The molecule has 2 rings (SSSR count). The second kappa shape index (κ2) is 5.67. The van der Waals surface area contributed by atoms with Gasteiger partial charge < -0.3 is 5.32 Å². The molecule has 1 aliphatic carbocycles. The molecule has 17 heavy (non-hydrogen) atoms. The molecule has 1 saturated heterocycles. The van der Waals surface area contributed by atoms with Crippen LogP contribution in [0.5, 0.6) is 0 Å². The Morgan fingerprint density at radius 1 is 1.35 bits per heavy atom. The molecule has 0 aromatic heterocycles. The zero-order valence-corrected chi connectivity index (χ0v) is 11.4. The summed E-state index contributed by atoms with van der Waals surface area (Å²) in [7, 11) is -3.05. The molecule has 5 heteroatoms. The van der Waals surface area contributed by atoms with Crippen molar-refractivity contribution in [3.63, 3.8) is 0 Å². The third-order valence-electron chi connectivity index (χ3n) is 3.99. The standard InChI is InChI=1S/C12H24N2O2S/c1-10-8-11(10)9-14-17(15,16)7-5-12-4-2-3-6-13-12/h10-14H,2-9H2,1H3. The van der Waals surface area contributed by atoms with E-state index in [2.05, 4.69) is 17.0 Å². The van der Waals surface area contributed by atoms with Crippen molar-refractivity contribution in [1.29, 1.82) is 0 Å². The highest BCUT2D eigenvalue weighted by atomic mass is 32.2. The third kappa shape index (κ3) is 4.56. The van der Waals surface area contributed by atoms with Gasteiger partial charge in [-0.2, -0.15) is 0 Å². The van der Waals surface area contributed by atoms with Gasteiger partial charge in [0.2, 0.25) is 10.0 Å². The number of rotatable bonds is 6. The molecular weight excluding hydrogens is 236 g/mol. The van der Waals surface area contributed by atoms with Crippen LogP contribution < -0.4 is 10.0 Å². The van der Waals surface area contributed by atoms with Crippen LogP contribution in [0, 0.1) is 11.8 Å². The van der Waals surface area contributed by atoms with Crippen LogP contribution in [0.15, 0.2) is 0 Å². The van der Waals surface area contributed by atoms with Crippen molar-refractivity contribution in [2.45, 2.75) is 45.1 Å². The Morgan fingerprint density at radius 2 is 2.12 bits per heavy atom. The van der Waals surface area contributed by atoms with Crippen molar-refractivity contribution in [3.05, 3.63) is 0 Å². The van der Waals surface area contributed by atoms with E-state index in [1.165, 1.54) is 19.3 Å². The zero-order chi connectivity index (χ0) is 12.3. The highest BCUT2D eigenvalue weighted by Crippen LogP contribution is 2.36. The second-order valence-corrected chi connectivity index (χ2v) is 7.50. The summed E-state index contributed by atoms with van der Waals surface area (Å²) in [5.74, 6) is 1.56. The normalized spacial score (nSPS) is 33.6. The lowest BCUT2D eigenvalue weighted by molar-refractivity contribution is 0.392. The summed E-state index contributed by atoms with van der Waals surface area (Å²) in [6, 6.07) is 0.403. The SMILES string of the molecule is CC1CC1CNS(=O)(=O)CCC1CCCCN1. The maximum absolute atomic E-state index is 11.8. The molecule has 0 radical (unpaired) electrons. The van der Waals surface area contributed by atoms with E-state index in [1.54, 1.807) is 0 Å². The molecule has 0 spiro atoms. The smallest absolute Gasteiger partial charge is 0.211 e. The van der Waals surface area contributed by atoms with E-state index in [0.29, 0.717) is 24.4 Å². The Kier molecular flexibility index (Phi) is 4.44. The lowest BCUT2D eigenvalue weighted by Gasteiger charge is -2.23. The highest BCUT2D eigenvalue weighted by molar-refractivity contribution is 7.89. The molecule has 3 unspecified atom stereocenters. The minimum atomic E-state index is -3.05. The van der Waals surface area contributed by atoms with Crippen LogP contribution >= 0.6 is 0 Å². The Morgan fingerprint density at radius 3 is 2.71 bits per heavy atom. The van der Waals surface area contributed by atoms with Crippen LogP contribution in [-0.2, 0) is 10.0 Å². The van der Waals surface area contributed by atoms with Gasteiger partial charge in [0.1, 0.15) is 0 Å². The van der Waals surface area contributed by atoms with Crippen molar-refractivity contribution in [2.24, 2.45) is 11.8 Å². The predicted octanol–water partition coefficient (Wildman–Crippen LogP) is 1.09. The molecule has 0 aromatic carbocycles. The summed E-state index contributed by atoms with van der Waals surface area (Å²) in [6.45, 7) is 3.85. The fourth-order valence-electron chi connectivity index (χ4n) is 2.46. The fourth-order valence-corrected chi connectivity index (χ4v) is 3.66. The number of sulfonamides is 1. The largest absolute Gasteiger partial charge is 0.314 e. The maximum Gasteiger partial charge on any atom is 0.211 e. The lowest BCUT2D eigenvalue weighted by atomic mass is 10.0. The molecule has 0 amide bonds. The van der Waals surface area contributed by atoms with Crippen molar-refractivity contribution in [2.75, 3.05) is 18.8 Å². The van der Waals surface area contributed by atoms with Gasteiger partial charge in [0.15, 0.2) is 0 Å². The van der Waals surface area contributed by atoms with E-state index in [9.17, 15) is 8.42 Å². The first-order valence-corrected chi connectivity index (χ1v) is 8.43. The van der Waals surface area contributed by atoms with Crippen LogP contribution in [0.25, 0.3) is 0 Å². The molecule has 1 heterocycles. The van der Waals surface area contributed by atoms with Gasteiger partial charge in [-0.05, 0) is 44.1 Å². The van der Waals surface area contributed by atoms with Crippen LogP contribution in [0.1, 0.15) is 39.0 Å². The van der Waals surface area contributed by atoms with Gasteiger partial charge in [0.25, 0.3) is 0 Å². The summed E-state index contributed by atoms with van der Waals surface area (Å²) >= 11 is 0. The van der Waals surface area contributed by atoms with E-state index >= 15 is 0 Å². The van der Waals surface area contributed by atoms with Crippen molar-refractivity contribution < 1.29 is 8.42 Å². The summed E-state index contributed by atoms with van der Waals surface area (Å²) in [5, 5.41) is 3.38. The van der Waals surface area contributed by atoms with Crippen LogP contribution in [0.3, 0.4) is 0 Å². The molecule has 100 valence electrons. The fraction of sp³-hybridized carbons (Fsp3) is 1.00. The number of hydrogen-bond acceptors (Lipinski definition) is 3. The number of piperidine rings is 1. The molecule has 0 aromatic rings. The predicted molar refractivity (Wildman–Crippen MR) is 69.3 cm³/mol. The third-order valence-corrected chi connectivity index (χ3v) is 5.37. The topological polar surface area (TPSA) is 58.2 Å². The first-order valence-electron chi connectivity index (χ1n) is 6.77. The van der Waals surface area contributed by atoms with Gasteiger partial charge in [0.05, 0.1) is 5.75 Å². The average molecular weight is 260 g/mol. The Hall–Kier alpha value is -0.130. The molecule has 2 aliphatic rings. The summed E-state index contributed by atoms with van der Waals surface area (Å²) in [4.78, 5) is 0. The molecular formula is C12H24N2O2S. The quantitative estimate of drug-likeness (QED) is 0.752.